The first-order valence-electron chi connectivity index (χ1n) is 6.98. The Kier molecular flexibility index (Phi) is 3.67. The number of ether oxygens (including phenoxy) is 1. The molecule has 0 aliphatic heterocycles. The molecule has 0 bridgehead atoms. The number of fused-ring (bicyclic) bond motifs is 1. The van der Waals surface area contributed by atoms with Gasteiger partial charge in [0, 0.05) is 12.0 Å². The highest BCUT2D eigenvalue weighted by Gasteiger charge is 2.55. The van der Waals surface area contributed by atoms with Crippen molar-refractivity contribution in [2.24, 2.45) is 5.92 Å². The van der Waals surface area contributed by atoms with Crippen LogP contribution >= 0.6 is 0 Å². The Bertz CT molecular complexity index is 809. The number of halogens is 5. The number of benzene rings is 1. The van der Waals surface area contributed by atoms with E-state index >= 15 is 0 Å². The average molecular weight is 370 g/mol. The fourth-order valence-electron chi connectivity index (χ4n) is 2.49. The Morgan fingerprint density at radius 2 is 1.83 bits per heavy atom. The van der Waals surface area contributed by atoms with Crippen LogP contribution in [0.4, 0.5) is 22.0 Å². The van der Waals surface area contributed by atoms with Crippen molar-refractivity contribution >= 4 is 15.6 Å². The topological polar surface area (TPSA) is 60.4 Å². The second-order valence-corrected chi connectivity index (χ2v) is 7.74. The SMILES string of the molecule is O=C1c2c(S(=O)(=O)C(F)(F)F)ccc(OCC3CC3)c2CC1(F)F. The lowest BCUT2D eigenvalue weighted by atomic mass is 10.1. The predicted octanol–water partition coefficient (Wildman–Crippen LogP) is 3.14. The van der Waals surface area contributed by atoms with E-state index in [0.717, 1.165) is 18.9 Å². The van der Waals surface area contributed by atoms with Crippen LogP contribution in [0.15, 0.2) is 17.0 Å². The van der Waals surface area contributed by atoms with E-state index in [1.807, 2.05) is 0 Å². The molecule has 132 valence electrons. The quantitative estimate of drug-likeness (QED) is 0.764. The summed E-state index contributed by atoms with van der Waals surface area (Å²) in [6.45, 7) is 0.178. The number of Topliss-reactive ketones (excluding diaryl/α,β-unsaturated/α-hetero) is 1. The van der Waals surface area contributed by atoms with Crippen molar-refractivity contribution in [2.75, 3.05) is 6.61 Å². The number of ketones is 1. The number of rotatable bonds is 4. The molecule has 1 aromatic carbocycles. The Balaban J connectivity index is 2.13. The summed E-state index contributed by atoms with van der Waals surface area (Å²) < 4.78 is 94.2. The van der Waals surface area contributed by atoms with Gasteiger partial charge < -0.3 is 4.74 Å². The van der Waals surface area contributed by atoms with Gasteiger partial charge in [0.2, 0.25) is 5.78 Å². The zero-order valence-corrected chi connectivity index (χ0v) is 12.8. The number of alkyl halides is 5. The zero-order valence-electron chi connectivity index (χ0n) is 12.0. The van der Waals surface area contributed by atoms with E-state index in [-0.39, 0.29) is 18.3 Å². The van der Waals surface area contributed by atoms with E-state index in [4.69, 9.17) is 4.74 Å². The molecule has 0 amide bonds. The highest BCUT2D eigenvalue weighted by molar-refractivity contribution is 7.92. The molecule has 1 saturated carbocycles. The molecule has 2 aliphatic rings. The first-order chi connectivity index (χ1) is 10.9. The molecule has 3 rings (SSSR count). The van der Waals surface area contributed by atoms with Crippen LogP contribution in [0.3, 0.4) is 0 Å². The van der Waals surface area contributed by atoms with Gasteiger partial charge in [0.25, 0.3) is 9.84 Å². The molecule has 1 fully saturated rings. The van der Waals surface area contributed by atoms with Crippen LogP contribution in [0.5, 0.6) is 5.75 Å². The van der Waals surface area contributed by atoms with Crippen LogP contribution in [-0.2, 0) is 16.3 Å². The third-order valence-electron chi connectivity index (χ3n) is 3.96. The maximum atomic E-state index is 13.7. The molecule has 0 spiro atoms. The lowest BCUT2D eigenvalue weighted by Gasteiger charge is -2.14. The molecule has 0 radical (unpaired) electrons. The lowest BCUT2D eigenvalue weighted by molar-refractivity contribution is -0.0436. The van der Waals surface area contributed by atoms with Crippen molar-refractivity contribution in [1.29, 1.82) is 0 Å². The first-order valence-corrected chi connectivity index (χ1v) is 8.46. The number of hydrogen-bond donors (Lipinski definition) is 0. The average Bonchev–Trinajstić information content (AvgIpc) is 3.23. The summed E-state index contributed by atoms with van der Waals surface area (Å²) >= 11 is 0. The second-order valence-electron chi connectivity index (χ2n) is 5.83. The summed E-state index contributed by atoms with van der Waals surface area (Å²) in [7, 11) is -5.93. The number of carbonyl (C=O) groups is 1. The number of hydrogen-bond acceptors (Lipinski definition) is 4. The Morgan fingerprint density at radius 1 is 1.21 bits per heavy atom. The van der Waals surface area contributed by atoms with Gasteiger partial charge >= 0.3 is 11.4 Å². The largest absolute Gasteiger partial charge is 0.501 e. The van der Waals surface area contributed by atoms with E-state index in [1.165, 1.54) is 0 Å². The molecular formula is C14H11F5O4S. The number of sulfone groups is 1. The summed E-state index contributed by atoms with van der Waals surface area (Å²) in [6, 6.07) is 1.40. The van der Waals surface area contributed by atoms with E-state index < -0.39 is 49.5 Å². The molecule has 0 N–H and O–H groups in total. The molecule has 0 saturated heterocycles. The van der Waals surface area contributed by atoms with Crippen molar-refractivity contribution in [3.8, 4) is 5.75 Å². The Labute approximate surface area is 133 Å². The highest BCUT2D eigenvalue weighted by Crippen LogP contribution is 2.45. The second kappa shape index (κ2) is 5.14. The van der Waals surface area contributed by atoms with Crippen LogP contribution in [-0.4, -0.2) is 32.2 Å². The van der Waals surface area contributed by atoms with Gasteiger partial charge in [-0.1, -0.05) is 0 Å². The first kappa shape index (κ1) is 17.1. The van der Waals surface area contributed by atoms with Gasteiger partial charge in [-0.2, -0.15) is 22.0 Å². The summed E-state index contributed by atoms with van der Waals surface area (Å²) in [4.78, 5) is 10.3. The van der Waals surface area contributed by atoms with Crippen LogP contribution < -0.4 is 4.74 Å². The Morgan fingerprint density at radius 3 is 2.38 bits per heavy atom. The molecule has 1 aromatic rings. The molecule has 10 heteroatoms. The summed E-state index contributed by atoms with van der Waals surface area (Å²) in [5.41, 5.74) is -7.31. The molecule has 0 unspecified atom stereocenters. The van der Waals surface area contributed by atoms with Crippen molar-refractivity contribution in [2.45, 2.75) is 35.6 Å². The normalized spacial score (nSPS) is 20.1. The third kappa shape index (κ3) is 2.66. The highest BCUT2D eigenvalue weighted by atomic mass is 32.2. The molecular weight excluding hydrogens is 359 g/mol. The van der Waals surface area contributed by atoms with Gasteiger partial charge in [-0.25, -0.2) is 8.42 Å². The maximum absolute atomic E-state index is 13.7. The molecule has 2 aliphatic carbocycles. The fourth-order valence-corrected chi connectivity index (χ4v) is 3.47. The van der Waals surface area contributed by atoms with Crippen LogP contribution in [0.25, 0.3) is 0 Å². The van der Waals surface area contributed by atoms with Crippen LogP contribution in [0.1, 0.15) is 28.8 Å². The molecule has 0 heterocycles. The monoisotopic (exact) mass is 370 g/mol. The Hall–Kier alpha value is -1.71. The van der Waals surface area contributed by atoms with Crippen molar-refractivity contribution < 1.29 is 39.9 Å². The smallest absolute Gasteiger partial charge is 0.493 e. The molecule has 4 nitrogen and oxygen atoms in total. The summed E-state index contributed by atoms with van der Waals surface area (Å²) in [6.07, 6.45) is 0.595. The lowest BCUT2D eigenvalue weighted by Crippen LogP contribution is -2.28. The van der Waals surface area contributed by atoms with Gasteiger partial charge in [0.05, 0.1) is 17.1 Å². The van der Waals surface area contributed by atoms with E-state index in [1.54, 1.807) is 0 Å². The van der Waals surface area contributed by atoms with Gasteiger partial charge in [-0.05, 0) is 30.9 Å². The minimum atomic E-state index is -5.93. The summed E-state index contributed by atoms with van der Waals surface area (Å²) in [5, 5.41) is 0. The van der Waals surface area contributed by atoms with Gasteiger partial charge in [0.1, 0.15) is 5.75 Å². The van der Waals surface area contributed by atoms with Crippen molar-refractivity contribution in [3.05, 3.63) is 23.3 Å². The van der Waals surface area contributed by atoms with Crippen LogP contribution in [0.2, 0.25) is 0 Å². The number of carbonyl (C=O) groups excluding carboxylic acids is 1. The zero-order chi connectivity index (χ0) is 17.9. The van der Waals surface area contributed by atoms with Crippen LogP contribution in [0, 0.1) is 5.92 Å². The van der Waals surface area contributed by atoms with Gasteiger partial charge in [-0.3, -0.25) is 4.79 Å². The minimum Gasteiger partial charge on any atom is -0.493 e. The van der Waals surface area contributed by atoms with Crippen molar-refractivity contribution in [1.82, 2.24) is 0 Å². The summed E-state index contributed by atoms with van der Waals surface area (Å²) in [5.74, 6) is -5.84. The van der Waals surface area contributed by atoms with E-state index in [2.05, 4.69) is 0 Å². The van der Waals surface area contributed by atoms with E-state index in [9.17, 15) is 35.2 Å². The fraction of sp³-hybridized carbons (Fsp3) is 0.500. The third-order valence-corrected chi connectivity index (χ3v) is 5.48. The molecule has 0 aromatic heterocycles. The predicted molar refractivity (Wildman–Crippen MR) is 70.9 cm³/mol. The minimum absolute atomic E-state index is 0.177. The molecule has 0 atom stereocenters. The van der Waals surface area contributed by atoms with Crippen molar-refractivity contribution in [3.63, 3.8) is 0 Å². The van der Waals surface area contributed by atoms with E-state index in [0.29, 0.717) is 6.07 Å². The maximum Gasteiger partial charge on any atom is 0.501 e. The molecule has 24 heavy (non-hydrogen) atoms. The standard InChI is InChI=1S/C14H11F5O4S/c15-13(16)5-8-9(23-6-7-1-2-7)3-4-10(11(8)12(13)20)24(21,22)14(17,18)19/h3-4,7H,1-2,5-6H2. The van der Waals surface area contributed by atoms with Gasteiger partial charge in [0.15, 0.2) is 0 Å². The van der Waals surface area contributed by atoms with Gasteiger partial charge in [-0.15, -0.1) is 0 Å².